The summed E-state index contributed by atoms with van der Waals surface area (Å²) in [5.74, 6) is 0.416. The third-order valence-electron chi connectivity index (χ3n) is 5.07. The maximum absolute atomic E-state index is 14.4. The van der Waals surface area contributed by atoms with E-state index in [1.807, 2.05) is 24.3 Å². The molecule has 1 atom stereocenters. The Kier molecular flexibility index (Phi) is 3.88. The van der Waals surface area contributed by atoms with E-state index in [-0.39, 0.29) is 16.7 Å². The second-order valence-corrected chi connectivity index (χ2v) is 8.92. The molecular formula is C23H14NO4P. The van der Waals surface area contributed by atoms with Gasteiger partial charge >= 0.3 is 7.37 Å². The molecule has 5 rings (SSSR count). The first kappa shape index (κ1) is 17.4. The van der Waals surface area contributed by atoms with Crippen LogP contribution >= 0.6 is 7.37 Å². The fourth-order valence-corrected chi connectivity index (χ4v) is 6.24. The molecule has 5 nitrogen and oxygen atoms in total. The molecule has 1 unspecified atom stereocenters. The van der Waals surface area contributed by atoms with Crippen LogP contribution in [0, 0.1) is 0 Å². The number of nitrogens with zero attached hydrogens (tertiary/aromatic N) is 1. The van der Waals surface area contributed by atoms with Crippen LogP contribution in [0.1, 0.15) is 0 Å². The van der Waals surface area contributed by atoms with Gasteiger partial charge in [-0.2, -0.15) is 4.99 Å². The van der Waals surface area contributed by atoms with E-state index in [1.165, 1.54) is 6.07 Å². The topological polar surface area (TPSA) is 76.0 Å². The minimum atomic E-state index is -3.72. The molecule has 1 heterocycles. The third-order valence-corrected chi connectivity index (χ3v) is 7.53. The van der Waals surface area contributed by atoms with Crippen molar-refractivity contribution in [3.63, 3.8) is 0 Å². The molecule has 1 N–H and O–H groups in total. The number of benzene rings is 4. The number of phenolic OH excluding ortho intramolecular Hbond substituents is 1. The van der Waals surface area contributed by atoms with Crippen molar-refractivity contribution in [3.05, 3.63) is 78.9 Å². The van der Waals surface area contributed by atoms with Gasteiger partial charge in [-0.05, 0) is 23.8 Å². The minimum Gasteiger partial charge on any atom is -0.507 e. The van der Waals surface area contributed by atoms with Gasteiger partial charge in [-0.25, -0.2) is 4.79 Å². The zero-order valence-electron chi connectivity index (χ0n) is 15.1. The molecule has 0 aliphatic carbocycles. The van der Waals surface area contributed by atoms with Gasteiger partial charge in [0.15, 0.2) is 0 Å². The number of hydrogen-bond acceptors (Lipinski definition) is 5. The lowest BCUT2D eigenvalue weighted by Gasteiger charge is -2.29. The van der Waals surface area contributed by atoms with Crippen LogP contribution in [0.5, 0.6) is 11.5 Å². The molecule has 1 aliphatic rings. The summed E-state index contributed by atoms with van der Waals surface area (Å²) in [5.41, 5.74) is 1.80. The number of phenols is 1. The molecule has 0 aromatic heterocycles. The second kappa shape index (κ2) is 6.46. The number of isocyanates is 1. The number of para-hydroxylation sites is 1. The van der Waals surface area contributed by atoms with Crippen molar-refractivity contribution < 1.29 is 19.0 Å². The summed E-state index contributed by atoms with van der Waals surface area (Å²) in [6, 6.07) is 22.9. The van der Waals surface area contributed by atoms with E-state index in [1.54, 1.807) is 54.6 Å². The Morgan fingerprint density at radius 1 is 0.828 bits per heavy atom. The monoisotopic (exact) mass is 399 g/mol. The number of aromatic hydroxyl groups is 1. The molecule has 0 amide bonds. The van der Waals surface area contributed by atoms with Crippen LogP contribution in [0.25, 0.3) is 21.9 Å². The summed E-state index contributed by atoms with van der Waals surface area (Å²) < 4.78 is 20.5. The first-order valence-corrected chi connectivity index (χ1v) is 10.6. The largest absolute Gasteiger partial charge is 0.507 e. The van der Waals surface area contributed by atoms with Crippen LogP contribution in [0.4, 0.5) is 5.69 Å². The molecule has 0 fully saturated rings. The Balaban J connectivity index is 1.90. The predicted octanol–water partition coefficient (Wildman–Crippen LogP) is 4.80. The zero-order valence-corrected chi connectivity index (χ0v) is 16.0. The molecule has 4 aromatic rings. The highest BCUT2D eigenvalue weighted by Crippen LogP contribution is 2.56. The van der Waals surface area contributed by atoms with Gasteiger partial charge in [0.2, 0.25) is 6.08 Å². The van der Waals surface area contributed by atoms with Gasteiger partial charge in [-0.15, -0.1) is 0 Å². The summed E-state index contributed by atoms with van der Waals surface area (Å²) in [7, 11) is -3.72. The van der Waals surface area contributed by atoms with E-state index in [2.05, 4.69) is 4.99 Å². The Bertz CT molecular complexity index is 1390. The van der Waals surface area contributed by atoms with Gasteiger partial charge in [-0.1, -0.05) is 60.7 Å². The van der Waals surface area contributed by atoms with Crippen molar-refractivity contribution in [2.45, 2.75) is 0 Å². The molecular weight excluding hydrogens is 385 g/mol. The minimum absolute atomic E-state index is 0.0596. The summed E-state index contributed by atoms with van der Waals surface area (Å²) in [4.78, 5) is 15.1. The number of rotatable bonds is 2. The summed E-state index contributed by atoms with van der Waals surface area (Å²) in [6.07, 6.45) is 1.55. The molecule has 0 saturated heterocycles. The SMILES string of the molecule is O=C=Nc1c(P2(=O)Oc3ccccc3-c3ccccc32)cc(O)c2ccccc12. The van der Waals surface area contributed by atoms with Crippen LogP contribution in [0.15, 0.2) is 83.9 Å². The van der Waals surface area contributed by atoms with Crippen molar-refractivity contribution in [1.82, 2.24) is 0 Å². The summed E-state index contributed by atoms with van der Waals surface area (Å²) >= 11 is 0. The molecule has 0 bridgehead atoms. The third kappa shape index (κ3) is 2.53. The molecule has 0 radical (unpaired) electrons. The van der Waals surface area contributed by atoms with Gasteiger partial charge in [0, 0.05) is 16.3 Å². The number of aliphatic imine (C=N–C) groups is 1. The van der Waals surface area contributed by atoms with Crippen molar-refractivity contribution in [1.29, 1.82) is 0 Å². The Morgan fingerprint density at radius 2 is 1.48 bits per heavy atom. The van der Waals surface area contributed by atoms with E-state index in [0.29, 0.717) is 21.8 Å². The van der Waals surface area contributed by atoms with E-state index < -0.39 is 7.37 Å². The molecule has 4 aromatic carbocycles. The average Bonchev–Trinajstić information content (AvgIpc) is 2.76. The van der Waals surface area contributed by atoms with Crippen molar-refractivity contribution in [2.75, 3.05) is 0 Å². The van der Waals surface area contributed by atoms with E-state index in [9.17, 15) is 14.5 Å². The van der Waals surface area contributed by atoms with E-state index in [0.717, 1.165) is 11.1 Å². The first-order valence-electron chi connectivity index (χ1n) is 8.95. The lowest BCUT2D eigenvalue weighted by atomic mass is 10.0. The Labute approximate surface area is 166 Å². The number of hydrogen-bond donors (Lipinski definition) is 1. The maximum Gasteiger partial charge on any atom is 0.309 e. The Hall–Kier alpha value is -3.65. The van der Waals surface area contributed by atoms with Crippen LogP contribution in [-0.2, 0) is 9.36 Å². The van der Waals surface area contributed by atoms with Gasteiger partial charge in [0.05, 0.1) is 16.3 Å². The quantitative estimate of drug-likeness (QED) is 0.298. The van der Waals surface area contributed by atoms with Crippen LogP contribution in [0.2, 0.25) is 0 Å². The maximum atomic E-state index is 14.4. The second-order valence-electron chi connectivity index (χ2n) is 6.67. The van der Waals surface area contributed by atoms with Crippen molar-refractivity contribution >= 4 is 40.5 Å². The average molecular weight is 399 g/mol. The van der Waals surface area contributed by atoms with Gasteiger partial charge in [-0.3, -0.25) is 4.57 Å². The van der Waals surface area contributed by atoms with Crippen molar-refractivity contribution in [3.8, 4) is 22.6 Å². The standard InChI is InChI=1S/C23H14NO4P/c25-14-24-23-18-10-2-1-7-15(18)19(26)13-22(23)29(27)21-12-6-4-9-17(21)16-8-3-5-11-20(16)28-29/h1-13,26H. The van der Waals surface area contributed by atoms with Gasteiger partial charge < -0.3 is 9.63 Å². The molecule has 140 valence electrons. The summed E-state index contributed by atoms with van der Waals surface area (Å²) in [5, 5.41) is 12.3. The van der Waals surface area contributed by atoms with E-state index >= 15 is 0 Å². The predicted molar refractivity (Wildman–Crippen MR) is 113 cm³/mol. The normalized spacial score (nSPS) is 17.0. The molecule has 6 heteroatoms. The van der Waals surface area contributed by atoms with Crippen LogP contribution in [-0.4, -0.2) is 11.2 Å². The smallest absolute Gasteiger partial charge is 0.309 e. The zero-order chi connectivity index (χ0) is 20.0. The van der Waals surface area contributed by atoms with Crippen LogP contribution in [0.3, 0.4) is 0 Å². The van der Waals surface area contributed by atoms with E-state index in [4.69, 9.17) is 4.52 Å². The fraction of sp³-hybridized carbons (Fsp3) is 0. The summed E-state index contributed by atoms with van der Waals surface area (Å²) in [6.45, 7) is 0. The number of fused-ring (bicyclic) bond motifs is 4. The lowest BCUT2D eigenvalue weighted by molar-refractivity contribution is 0.480. The molecule has 0 spiro atoms. The number of carbonyl (C=O) groups excluding carboxylic acids is 1. The highest BCUT2D eigenvalue weighted by molar-refractivity contribution is 7.75. The molecule has 0 saturated carbocycles. The van der Waals surface area contributed by atoms with Crippen LogP contribution < -0.4 is 15.1 Å². The highest BCUT2D eigenvalue weighted by Gasteiger charge is 2.40. The molecule has 29 heavy (non-hydrogen) atoms. The lowest BCUT2D eigenvalue weighted by Crippen LogP contribution is -2.25. The fourth-order valence-electron chi connectivity index (χ4n) is 3.81. The van der Waals surface area contributed by atoms with Gasteiger partial charge in [0.1, 0.15) is 11.5 Å². The first-order chi connectivity index (χ1) is 14.1. The highest BCUT2D eigenvalue weighted by atomic mass is 31.2. The van der Waals surface area contributed by atoms with Crippen molar-refractivity contribution in [2.24, 2.45) is 4.99 Å². The molecule has 1 aliphatic heterocycles. The Morgan fingerprint density at radius 3 is 2.28 bits per heavy atom. The van der Waals surface area contributed by atoms with Gasteiger partial charge in [0.25, 0.3) is 0 Å².